The monoisotopic (exact) mass is 189 g/mol. The van der Waals surface area contributed by atoms with Crippen molar-refractivity contribution in [2.75, 3.05) is 12.8 Å². The first-order chi connectivity index (χ1) is 5.49. The zero-order valence-corrected chi connectivity index (χ0v) is 9.92. The molecule has 0 aromatic carbocycles. The first-order valence-electron chi connectivity index (χ1n) is 4.81. The zero-order valence-electron chi connectivity index (χ0n) is 9.11. The van der Waals surface area contributed by atoms with Crippen molar-refractivity contribution in [2.24, 2.45) is 0 Å². The second-order valence-corrected chi connectivity index (χ2v) is 6.04. The van der Waals surface area contributed by atoms with E-state index in [1.165, 1.54) is 18.6 Å². The zero-order chi connectivity index (χ0) is 9.61. The van der Waals surface area contributed by atoms with E-state index in [4.69, 9.17) is 0 Å². The Balaban J connectivity index is 3.58. The lowest BCUT2D eigenvalue weighted by Crippen LogP contribution is -2.29. The Morgan fingerprint density at radius 3 is 2.25 bits per heavy atom. The summed E-state index contributed by atoms with van der Waals surface area (Å²) >= 11 is 2.04. The van der Waals surface area contributed by atoms with Crippen LogP contribution in [-0.4, -0.2) is 23.6 Å². The summed E-state index contributed by atoms with van der Waals surface area (Å²) in [7, 11) is 2.06. The van der Waals surface area contributed by atoms with Gasteiger partial charge in [0.05, 0.1) is 0 Å². The van der Waals surface area contributed by atoms with Crippen molar-refractivity contribution in [1.29, 1.82) is 0 Å². The summed E-state index contributed by atoms with van der Waals surface area (Å²) in [6.45, 7) is 9.06. The summed E-state index contributed by atoms with van der Waals surface area (Å²) in [6.07, 6.45) is 2.57. The maximum absolute atomic E-state index is 3.35. The van der Waals surface area contributed by atoms with Gasteiger partial charge in [0.1, 0.15) is 0 Å². The van der Waals surface area contributed by atoms with Gasteiger partial charge in [-0.15, -0.1) is 0 Å². The van der Waals surface area contributed by atoms with Crippen molar-refractivity contribution in [3.8, 4) is 0 Å². The fourth-order valence-electron chi connectivity index (χ4n) is 1.01. The largest absolute Gasteiger partial charge is 0.316 e. The van der Waals surface area contributed by atoms with Gasteiger partial charge in [0.25, 0.3) is 0 Å². The second-order valence-electron chi connectivity index (χ2n) is 4.20. The molecule has 0 rings (SSSR count). The summed E-state index contributed by atoms with van der Waals surface area (Å²) in [4.78, 5) is 0. The molecule has 0 saturated heterocycles. The Labute approximate surface area is 81.7 Å². The van der Waals surface area contributed by atoms with Crippen LogP contribution in [0.3, 0.4) is 0 Å². The molecule has 0 heterocycles. The topological polar surface area (TPSA) is 12.0 Å². The fraction of sp³-hybridized carbons (Fsp3) is 1.00. The van der Waals surface area contributed by atoms with E-state index in [2.05, 4.69) is 40.1 Å². The molecule has 2 heteroatoms. The first-order valence-corrected chi connectivity index (χ1v) is 5.79. The molecular weight excluding hydrogens is 166 g/mol. The summed E-state index contributed by atoms with van der Waals surface area (Å²) in [5, 5.41) is 3.35. The molecule has 12 heavy (non-hydrogen) atoms. The van der Waals surface area contributed by atoms with Crippen LogP contribution in [0.4, 0.5) is 0 Å². The fourth-order valence-corrected chi connectivity index (χ4v) is 2.04. The number of hydrogen-bond donors (Lipinski definition) is 1. The van der Waals surface area contributed by atoms with Crippen LogP contribution in [0.1, 0.15) is 40.5 Å². The van der Waals surface area contributed by atoms with Crippen molar-refractivity contribution in [2.45, 2.75) is 51.3 Å². The molecule has 74 valence electrons. The Bertz CT molecular complexity index is 107. The third-order valence-corrected chi connectivity index (χ3v) is 3.20. The molecule has 1 atom stereocenters. The van der Waals surface area contributed by atoms with Gasteiger partial charge in [-0.3, -0.25) is 0 Å². The van der Waals surface area contributed by atoms with Gasteiger partial charge in [-0.2, -0.15) is 11.8 Å². The van der Waals surface area contributed by atoms with Crippen LogP contribution in [-0.2, 0) is 0 Å². The van der Waals surface area contributed by atoms with Gasteiger partial charge in [-0.25, -0.2) is 0 Å². The molecule has 1 unspecified atom stereocenters. The maximum atomic E-state index is 3.35. The number of nitrogens with one attached hydrogen (secondary N) is 1. The average Bonchev–Trinajstić information content (AvgIpc) is 1.96. The van der Waals surface area contributed by atoms with Gasteiger partial charge >= 0.3 is 0 Å². The highest BCUT2D eigenvalue weighted by atomic mass is 32.2. The quantitative estimate of drug-likeness (QED) is 0.713. The van der Waals surface area contributed by atoms with E-state index in [1.807, 2.05) is 11.8 Å². The molecule has 0 spiro atoms. The van der Waals surface area contributed by atoms with Crippen molar-refractivity contribution < 1.29 is 0 Å². The van der Waals surface area contributed by atoms with Gasteiger partial charge < -0.3 is 5.32 Å². The third kappa shape index (κ3) is 6.99. The first kappa shape index (κ1) is 12.3. The molecule has 0 aliphatic heterocycles. The minimum absolute atomic E-state index is 0.406. The molecule has 0 bridgehead atoms. The van der Waals surface area contributed by atoms with Gasteiger partial charge in [-0.05, 0) is 13.5 Å². The van der Waals surface area contributed by atoms with E-state index < -0.39 is 0 Å². The second kappa shape index (κ2) is 5.87. The highest BCUT2D eigenvalue weighted by Gasteiger charge is 2.13. The Kier molecular flexibility index (Phi) is 6.02. The molecular formula is C10H23NS. The molecule has 0 fully saturated rings. The molecule has 0 aromatic heterocycles. The summed E-state index contributed by atoms with van der Waals surface area (Å²) in [5.41, 5.74) is 0. The summed E-state index contributed by atoms with van der Waals surface area (Å²) in [5.74, 6) is 1.23. The van der Waals surface area contributed by atoms with Crippen LogP contribution in [0, 0.1) is 0 Å². The Morgan fingerprint density at radius 1 is 1.33 bits per heavy atom. The van der Waals surface area contributed by atoms with Crippen LogP contribution >= 0.6 is 11.8 Å². The highest BCUT2D eigenvalue weighted by Crippen LogP contribution is 2.24. The number of rotatable bonds is 5. The van der Waals surface area contributed by atoms with Gasteiger partial charge in [0, 0.05) is 16.5 Å². The van der Waals surface area contributed by atoms with Gasteiger partial charge in [-0.1, -0.05) is 34.1 Å². The molecule has 1 N–H and O–H groups in total. The Hall–Kier alpha value is 0.310. The predicted octanol–water partition coefficient (Wildman–Crippen LogP) is 2.91. The normalized spacial score (nSPS) is 14.8. The van der Waals surface area contributed by atoms with Crippen LogP contribution in [0.2, 0.25) is 0 Å². The predicted molar refractivity (Wildman–Crippen MR) is 60.0 cm³/mol. The maximum Gasteiger partial charge on any atom is 0.0155 e. The van der Waals surface area contributed by atoms with Crippen LogP contribution in [0.5, 0.6) is 0 Å². The molecule has 0 aromatic rings. The molecule has 1 nitrogen and oxygen atoms in total. The minimum atomic E-state index is 0.406. The third-order valence-electron chi connectivity index (χ3n) is 1.76. The molecule has 0 radical (unpaired) electrons. The summed E-state index contributed by atoms with van der Waals surface area (Å²) < 4.78 is 0.406. The van der Waals surface area contributed by atoms with Crippen molar-refractivity contribution in [3.63, 3.8) is 0 Å². The lowest BCUT2D eigenvalue weighted by molar-refractivity contribution is 0.562. The van der Waals surface area contributed by atoms with Crippen LogP contribution < -0.4 is 5.32 Å². The molecule has 0 aliphatic carbocycles. The lowest BCUT2D eigenvalue weighted by atomic mass is 10.2. The lowest BCUT2D eigenvalue weighted by Gasteiger charge is -2.22. The van der Waals surface area contributed by atoms with Gasteiger partial charge in [0.2, 0.25) is 0 Å². The van der Waals surface area contributed by atoms with Gasteiger partial charge in [0.15, 0.2) is 0 Å². The standard InChI is InChI=1S/C10H23NS/c1-6-7-9(11-5)8-12-10(2,3)4/h9,11H,6-8H2,1-5H3. The van der Waals surface area contributed by atoms with E-state index >= 15 is 0 Å². The highest BCUT2D eigenvalue weighted by molar-refractivity contribution is 8.00. The van der Waals surface area contributed by atoms with Crippen molar-refractivity contribution >= 4 is 11.8 Å². The number of hydrogen-bond acceptors (Lipinski definition) is 2. The van der Waals surface area contributed by atoms with Crippen LogP contribution in [0.25, 0.3) is 0 Å². The average molecular weight is 189 g/mol. The van der Waals surface area contributed by atoms with E-state index in [0.717, 1.165) is 0 Å². The van der Waals surface area contributed by atoms with E-state index in [-0.39, 0.29) is 0 Å². The van der Waals surface area contributed by atoms with Crippen LogP contribution in [0.15, 0.2) is 0 Å². The van der Waals surface area contributed by atoms with E-state index in [1.54, 1.807) is 0 Å². The summed E-state index contributed by atoms with van der Waals surface area (Å²) in [6, 6.07) is 0.694. The number of thioether (sulfide) groups is 1. The minimum Gasteiger partial charge on any atom is -0.316 e. The van der Waals surface area contributed by atoms with Crippen molar-refractivity contribution in [3.05, 3.63) is 0 Å². The van der Waals surface area contributed by atoms with E-state index in [9.17, 15) is 0 Å². The van der Waals surface area contributed by atoms with Crippen molar-refractivity contribution in [1.82, 2.24) is 5.32 Å². The Morgan fingerprint density at radius 2 is 1.92 bits per heavy atom. The molecule has 0 aliphatic rings. The smallest absolute Gasteiger partial charge is 0.0155 e. The molecule has 0 amide bonds. The molecule has 0 saturated carbocycles. The SMILES string of the molecule is CCCC(CSC(C)(C)C)NC. The van der Waals surface area contributed by atoms with E-state index in [0.29, 0.717) is 10.8 Å².